The van der Waals surface area contributed by atoms with Crippen LogP contribution < -0.4 is 0 Å². The molecule has 7 heteroatoms. The lowest BCUT2D eigenvalue weighted by molar-refractivity contribution is -0.132. The van der Waals surface area contributed by atoms with Gasteiger partial charge >= 0.3 is 0 Å². The van der Waals surface area contributed by atoms with Gasteiger partial charge in [0.2, 0.25) is 5.91 Å². The van der Waals surface area contributed by atoms with Gasteiger partial charge in [-0.05, 0) is 42.3 Å². The van der Waals surface area contributed by atoms with Crippen LogP contribution in [0.25, 0.3) is 22.5 Å². The van der Waals surface area contributed by atoms with Gasteiger partial charge < -0.3 is 9.32 Å². The highest BCUT2D eigenvalue weighted by Gasteiger charge is 2.29. The third kappa shape index (κ3) is 3.70. The van der Waals surface area contributed by atoms with Crippen molar-refractivity contribution in [2.75, 3.05) is 0 Å². The monoisotopic (exact) mass is 430 g/mol. The molecule has 32 heavy (non-hydrogen) atoms. The van der Waals surface area contributed by atoms with Crippen molar-refractivity contribution in [3.63, 3.8) is 0 Å². The summed E-state index contributed by atoms with van der Waals surface area (Å²) in [7, 11) is 0. The third-order valence-corrected chi connectivity index (χ3v) is 5.74. The van der Waals surface area contributed by atoms with Crippen LogP contribution >= 0.6 is 0 Å². The molecule has 1 aliphatic rings. The van der Waals surface area contributed by atoms with E-state index in [2.05, 4.69) is 4.98 Å². The van der Waals surface area contributed by atoms with Crippen molar-refractivity contribution in [2.24, 2.45) is 0 Å². The molecule has 0 spiro atoms. The maximum Gasteiger partial charge on any atom is 0.245 e. The predicted octanol–water partition coefficient (Wildman–Crippen LogP) is 4.76. The molecule has 2 aromatic carbocycles. The number of nitrogens with zero attached hydrogens (tertiary/aromatic N) is 4. The normalized spacial score (nSPS) is 12.9. The van der Waals surface area contributed by atoms with Crippen molar-refractivity contribution in [1.82, 2.24) is 19.7 Å². The second-order valence-electron chi connectivity index (χ2n) is 7.98. The standard InChI is InChI=1S/C25H23FN4O2/c1-3-24-27-21-13-29(14-23(21)32-24)25(31)15-30-22(17-7-5-4-6-8-17)12-20(28-30)18-9-10-19(26)16(2)11-18/h4-12H,3,13-15H2,1-2H3. The zero-order valence-corrected chi connectivity index (χ0v) is 18.0. The van der Waals surface area contributed by atoms with Gasteiger partial charge in [-0.25, -0.2) is 9.37 Å². The molecule has 1 aliphatic heterocycles. The summed E-state index contributed by atoms with van der Waals surface area (Å²) in [6, 6.07) is 16.7. The average molecular weight is 430 g/mol. The molecule has 0 saturated heterocycles. The minimum absolute atomic E-state index is 0.0571. The zero-order chi connectivity index (χ0) is 22.2. The Bertz CT molecular complexity index is 1270. The lowest BCUT2D eigenvalue weighted by Gasteiger charge is -2.16. The van der Waals surface area contributed by atoms with E-state index >= 15 is 0 Å². The van der Waals surface area contributed by atoms with Crippen LogP contribution in [-0.4, -0.2) is 25.6 Å². The Labute approximate surface area is 185 Å². The molecule has 3 heterocycles. The van der Waals surface area contributed by atoms with Crippen LogP contribution in [0.2, 0.25) is 0 Å². The highest BCUT2D eigenvalue weighted by atomic mass is 19.1. The first-order valence-corrected chi connectivity index (χ1v) is 10.7. The van der Waals surface area contributed by atoms with Crippen molar-refractivity contribution < 1.29 is 13.6 Å². The van der Waals surface area contributed by atoms with Crippen molar-refractivity contribution in [1.29, 1.82) is 0 Å². The Morgan fingerprint density at radius 3 is 2.62 bits per heavy atom. The van der Waals surface area contributed by atoms with Crippen molar-refractivity contribution >= 4 is 5.91 Å². The van der Waals surface area contributed by atoms with Crippen LogP contribution in [0.4, 0.5) is 4.39 Å². The summed E-state index contributed by atoms with van der Waals surface area (Å²) in [4.78, 5) is 19.3. The van der Waals surface area contributed by atoms with Gasteiger partial charge in [-0.15, -0.1) is 0 Å². The number of hydrogen-bond donors (Lipinski definition) is 0. The highest BCUT2D eigenvalue weighted by molar-refractivity contribution is 5.78. The maximum atomic E-state index is 13.8. The number of benzene rings is 2. The minimum Gasteiger partial charge on any atom is -0.443 e. The smallest absolute Gasteiger partial charge is 0.245 e. The zero-order valence-electron chi connectivity index (χ0n) is 18.0. The Balaban J connectivity index is 1.44. The van der Waals surface area contributed by atoms with Crippen molar-refractivity contribution in [2.45, 2.75) is 39.9 Å². The van der Waals surface area contributed by atoms with Crippen molar-refractivity contribution in [3.8, 4) is 22.5 Å². The van der Waals surface area contributed by atoms with Gasteiger partial charge in [0.1, 0.15) is 23.8 Å². The summed E-state index contributed by atoms with van der Waals surface area (Å²) < 4.78 is 21.2. The third-order valence-electron chi connectivity index (χ3n) is 5.74. The van der Waals surface area contributed by atoms with E-state index in [0.717, 1.165) is 34.7 Å². The Morgan fingerprint density at radius 2 is 1.91 bits per heavy atom. The van der Waals surface area contributed by atoms with Gasteiger partial charge in [-0.1, -0.05) is 37.3 Å². The van der Waals surface area contributed by atoms with Crippen LogP contribution in [0.1, 0.15) is 29.8 Å². The Kier molecular flexibility index (Phi) is 5.09. The molecule has 0 saturated carbocycles. The second-order valence-corrected chi connectivity index (χ2v) is 7.98. The molecule has 5 rings (SSSR count). The fourth-order valence-corrected chi connectivity index (χ4v) is 3.97. The molecule has 0 N–H and O–H groups in total. The van der Waals surface area contributed by atoms with Gasteiger partial charge in [0.25, 0.3) is 0 Å². The molecule has 4 aromatic rings. The molecule has 162 valence electrons. The number of aromatic nitrogens is 3. The summed E-state index contributed by atoms with van der Waals surface area (Å²) in [5, 5.41) is 4.71. The van der Waals surface area contributed by atoms with Gasteiger partial charge in [0.15, 0.2) is 5.89 Å². The van der Waals surface area contributed by atoms with E-state index in [-0.39, 0.29) is 18.3 Å². The number of hydrogen-bond acceptors (Lipinski definition) is 4. The summed E-state index contributed by atoms with van der Waals surface area (Å²) in [5.74, 6) is 1.16. The number of carbonyl (C=O) groups is 1. The predicted molar refractivity (Wildman–Crippen MR) is 118 cm³/mol. The number of aryl methyl sites for hydroxylation is 2. The number of fused-ring (bicyclic) bond motifs is 1. The topological polar surface area (TPSA) is 64.2 Å². The summed E-state index contributed by atoms with van der Waals surface area (Å²) in [6.07, 6.45) is 0.736. The summed E-state index contributed by atoms with van der Waals surface area (Å²) in [6.45, 7) is 4.69. The molecule has 0 unspecified atom stereocenters. The van der Waals surface area contributed by atoms with Gasteiger partial charge in [-0.3, -0.25) is 9.48 Å². The van der Waals surface area contributed by atoms with E-state index in [9.17, 15) is 9.18 Å². The van der Waals surface area contributed by atoms with E-state index < -0.39 is 0 Å². The summed E-state index contributed by atoms with van der Waals surface area (Å²) in [5.41, 5.74) is 4.69. The molecule has 2 aromatic heterocycles. The first-order chi connectivity index (χ1) is 15.5. The Morgan fingerprint density at radius 1 is 1.09 bits per heavy atom. The van der Waals surface area contributed by atoms with E-state index in [0.29, 0.717) is 30.2 Å². The van der Waals surface area contributed by atoms with E-state index in [1.807, 2.05) is 43.3 Å². The summed E-state index contributed by atoms with van der Waals surface area (Å²) >= 11 is 0. The highest BCUT2D eigenvalue weighted by Crippen LogP contribution is 2.29. The average Bonchev–Trinajstić information content (AvgIpc) is 3.49. The number of carbonyl (C=O) groups excluding carboxylic acids is 1. The lowest BCUT2D eigenvalue weighted by Crippen LogP contribution is -2.30. The number of halogens is 1. The van der Waals surface area contributed by atoms with Crippen LogP contribution in [0, 0.1) is 12.7 Å². The lowest BCUT2D eigenvalue weighted by atomic mass is 10.1. The molecule has 0 aliphatic carbocycles. The quantitative estimate of drug-likeness (QED) is 0.458. The largest absolute Gasteiger partial charge is 0.443 e. The molecule has 0 bridgehead atoms. The fraction of sp³-hybridized carbons (Fsp3) is 0.240. The molecular formula is C25H23FN4O2. The van der Waals surface area contributed by atoms with Crippen LogP contribution in [0.5, 0.6) is 0 Å². The molecular weight excluding hydrogens is 407 g/mol. The van der Waals surface area contributed by atoms with Crippen LogP contribution in [-0.2, 0) is 30.8 Å². The second kappa shape index (κ2) is 8.07. The number of rotatable bonds is 5. The van der Waals surface area contributed by atoms with E-state index in [1.54, 1.807) is 28.6 Å². The molecule has 0 radical (unpaired) electrons. The maximum absolute atomic E-state index is 13.8. The van der Waals surface area contributed by atoms with Gasteiger partial charge in [0, 0.05) is 12.0 Å². The number of amides is 1. The Hall–Kier alpha value is -3.74. The molecule has 6 nitrogen and oxygen atoms in total. The first kappa shape index (κ1) is 20.2. The molecule has 0 fully saturated rings. The van der Waals surface area contributed by atoms with E-state index in [1.165, 1.54) is 6.07 Å². The minimum atomic E-state index is -0.252. The SMILES string of the molecule is CCc1nc2c(o1)CN(C(=O)Cn1nc(-c3ccc(F)c(C)c3)cc1-c1ccccc1)C2. The van der Waals surface area contributed by atoms with Crippen LogP contribution in [0.3, 0.4) is 0 Å². The van der Waals surface area contributed by atoms with Gasteiger partial charge in [-0.2, -0.15) is 5.10 Å². The van der Waals surface area contributed by atoms with Crippen LogP contribution in [0.15, 0.2) is 59.0 Å². The molecule has 0 atom stereocenters. The van der Waals surface area contributed by atoms with Crippen molar-refractivity contribution in [3.05, 3.63) is 83.3 Å². The number of oxazole rings is 1. The molecule has 1 amide bonds. The fourth-order valence-electron chi connectivity index (χ4n) is 3.97. The van der Waals surface area contributed by atoms with E-state index in [4.69, 9.17) is 9.52 Å². The first-order valence-electron chi connectivity index (χ1n) is 10.7. The van der Waals surface area contributed by atoms with Gasteiger partial charge in [0.05, 0.1) is 24.5 Å².